The molecule has 134 valence electrons. The highest BCUT2D eigenvalue weighted by Crippen LogP contribution is 2.66. The van der Waals surface area contributed by atoms with Gasteiger partial charge in [0.2, 0.25) is 0 Å². The Balaban J connectivity index is 1.68. The van der Waals surface area contributed by atoms with Crippen LogP contribution in [0.4, 0.5) is 0 Å². The molecular weight excluding hydrogens is 300 g/mol. The number of aliphatic hydroxyl groups is 2. The number of carbonyl (C=O) groups excluding carboxylic acids is 1. The molecule has 0 aromatic heterocycles. The largest absolute Gasteiger partial charge is 0.396 e. The Labute approximate surface area is 145 Å². The number of allylic oxidation sites excluding steroid dienone is 1. The van der Waals surface area contributed by atoms with Crippen molar-refractivity contribution in [2.45, 2.75) is 71.3 Å². The van der Waals surface area contributed by atoms with E-state index >= 15 is 0 Å². The van der Waals surface area contributed by atoms with Gasteiger partial charge in [-0.2, -0.15) is 0 Å². The lowest BCUT2D eigenvalue weighted by Crippen LogP contribution is -2.53. The quantitative estimate of drug-likeness (QED) is 0.814. The zero-order valence-electron chi connectivity index (χ0n) is 15.1. The fourth-order valence-electron chi connectivity index (χ4n) is 7.45. The highest BCUT2D eigenvalue weighted by molar-refractivity contribution is 5.91. The molecule has 0 amide bonds. The molecule has 0 radical (unpaired) electrons. The zero-order valence-corrected chi connectivity index (χ0v) is 15.1. The van der Waals surface area contributed by atoms with Crippen molar-refractivity contribution >= 4 is 5.78 Å². The summed E-state index contributed by atoms with van der Waals surface area (Å²) < 4.78 is 0. The van der Waals surface area contributed by atoms with E-state index in [4.69, 9.17) is 0 Å². The highest BCUT2D eigenvalue weighted by atomic mass is 16.3. The van der Waals surface area contributed by atoms with Crippen LogP contribution in [0.25, 0.3) is 0 Å². The van der Waals surface area contributed by atoms with E-state index < -0.39 is 0 Å². The third-order valence-corrected chi connectivity index (χ3v) is 8.62. The average Bonchev–Trinajstić information content (AvgIpc) is 2.95. The highest BCUT2D eigenvalue weighted by Gasteiger charge is 2.61. The van der Waals surface area contributed by atoms with Crippen molar-refractivity contribution < 1.29 is 15.0 Å². The SMILES string of the molecule is CC(O)[C@H]1CC[C@H]2[C@@H]3CCC4=CC(=O)CC[C@]4(C)[C@H]3CC[C@]12CO. The number of hydrogen-bond donors (Lipinski definition) is 2. The van der Waals surface area contributed by atoms with Crippen molar-refractivity contribution in [1.29, 1.82) is 0 Å². The molecule has 3 heteroatoms. The van der Waals surface area contributed by atoms with Gasteiger partial charge in [0.1, 0.15) is 0 Å². The van der Waals surface area contributed by atoms with Gasteiger partial charge in [0.15, 0.2) is 5.78 Å². The van der Waals surface area contributed by atoms with Gasteiger partial charge in [-0.15, -0.1) is 0 Å². The van der Waals surface area contributed by atoms with E-state index in [1.807, 2.05) is 13.0 Å². The van der Waals surface area contributed by atoms with Crippen LogP contribution in [0.3, 0.4) is 0 Å². The summed E-state index contributed by atoms with van der Waals surface area (Å²) in [7, 11) is 0. The zero-order chi connectivity index (χ0) is 17.1. The van der Waals surface area contributed by atoms with Crippen LogP contribution in [0, 0.1) is 34.5 Å². The second-order valence-corrected chi connectivity index (χ2v) is 9.32. The van der Waals surface area contributed by atoms with Gasteiger partial charge in [0, 0.05) is 18.4 Å². The summed E-state index contributed by atoms with van der Waals surface area (Å²) in [6.45, 7) is 4.54. The molecule has 4 aliphatic carbocycles. The fourth-order valence-corrected chi connectivity index (χ4v) is 7.45. The molecule has 1 unspecified atom stereocenters. The molecule has 3 saturated carbocycles. The summed E-state index contributed by atoms with van der Waals surface area (Å²) in [5.74, 6) is 2.44. The number of hydrogen-bond acceptors (Lipinski definition) is 3. The molecule has 0 aliphatic heterocycles. The van der Waals surface area contributed by atoms with Crippen molar-refractivity contribution in [3.63, 3.8) is 0 Å². The van der Waals surface area contributed by atoms with Gasteiger partial charge in [-0.3, -0.25) is 4.79 Å². The van der Waals surface area contributed by atoms with E-state index in [0.717, 1.165) is 44.9 Å². The van der Waals surface area contributed by atoms with Crippen LogP contribution in [-0.4, -0.2) is 28.7 Å². The van der Waals surface area contributed by atoms with Gasteiger partial charge >= 0.3 is 0 Å². The predicted molar refractivity (Wildman–Crippen MR) is 93.3 cm³/mol. The van der Waals surface area contributed by atoms with Crippen molar-refractivity contribution in [2.24, 2.45) is 34.5 Å². The summed E-state index contributed by atoms with van der Waals surface area (Å²) in [5, 5.41) is 20.6. The number of ketones is 1. The van der Waals surface area contributed by atoms with Gasteiger partial charge in [-0.1, -0.05) is 12.5 Å². The molecule has 4 aliphatic rings. The smallest absolute Gasteiger partial charge is 0.155 e. The van der Waals surface area contributed by atoms with Crippen LogP contribution < -0.4 is 0 Å². The predicted octanol–water partition coefficient (Wildman–Crippen LogP) is 3.49. The van der Waals surface area contributed by atoms with E-state index in [0.29, 0.717) is 30.0 Å². The molecule has 2 N–H and O–H groups in total. The van der Waals surface area contributed by atoms with Gasteiger partial charge in [-0.25, -0.2) is 0 Å². The Morgan fingerprint density at radius 2 is 1.96 bits per heavy atom. The Kier molecular flexibility index (Phi) is 3.96. The molecule has 3 fully saturated rings. The van der Waals surface area contributed by atoms with Crippen LogP contribution in [0.2, 0.25) is 0 Å². The molecule has 0 bridgehead atoms. The molecule has 0 aromatic carbocycles. The van der Waals surface area contributed by atoms with Gasteiger partial charge in [-0.05, 0) is 87.0 Å². The maximum absolute atomic E-state index is 11.9. The standard InChI is InChI=1S/C21H32O3/c1-13(23)17-5-6-19-16-4-3-14-11-15(24)7-9-20(14,2)18(16)8-10-21(17,19)12-22/h11,13,16-19,22-23H,3-10,12H2,1-2H3/t13?,16-,17-,18+,19+,20+,21+/m1/s1. The normalized spacial score (nSPS) is 49.0. The van der Waals surface area contributed by atoms with Crippen molar-refractivity contribution in [1.82, 2.24) is 0 Å². The van der Waals surface area contributed by atoms with Crippen molar-refractivity contribution in [3.05, 3.63) is 11.6 Å². The molecular formula is C21H32O3. The molecule has 7 atom stereocenters. The van der Waals surface area contributed by atoms with Crippen LogP contribution in [0.1, 0.15) is 65.2 Å². The topological polar surface area (TPSA) is 57.5 Å². The maximum atomic E-state index is 11.9. The van der Waals surface area contributed by atoms with E-state index in [1.165, 1.54) is 5.57 Å². The van der Waals surface area contributed by atoms with Crippen LogP contribution in [0.5, 0.6) is 0 Å². The summed E-state index contributed by atoms with van der Waals surface area (Å²) in [4.78, 5) is 11.9. The van der Waals surface area contributed by atoms with Crippen molar-refractivity contribution in [2.75, 3.05) is 6.61 Å². The molecule has 24 heavy (non-hydrogen) atoms. The van der Waals surface area contributed by atoms with Gasteiger partial charge in [0.25, 0.3) is 0 Å². The summed E-state index contributed by atoms with van der Waals surface area (Å²) in [6.07, 6.45) is 9.98. The first kappa shape index (κ1) is 16.8. The van der Waals surface area contributed by atoms with Crippen LogP contribution in [0.15, 0.2) is 11.6 Å². The average molecular weight is 332 g/mol. The van der Waals surface area contributed by atoms with Crippen LogP contribution in [-0.2, 0) is 4.79 Å². The first-order valence-electron chi connectivity index (χ1n) is 9.95. The van der Waals surface area contributed by atoms with E-state index in [9.17, 15) is 15.0 Å². The second-order valence-electron chi connectivity index (χ2n) is 9.32. The third kappa shape index (κ3) is 2.13. The number of fused-ring (bicyclic) bond motifs is 5. The van der Waals surface area contributed by atoms with E-state index in [-0.39, 0.29) is 29.5 Å². The van der Waals surface area contributed by atoms with E-state index in [1.54, 1.807) is 0 Å². The first-order chi connectivity index (χ1) is 11.4. The molecule has 3 nitrogen and oxygen atoms in total. The molecule has 4 rings (SSSR count). The number of carbonyl (C=O) groups is 1. The first-order valence-corrected chi connectivity index (χ1v) is 9.95. The summed E-state index contributed by atoms with van der Waals surface area (Å²) in [6, 6.07) is 0. The minimum Gasteiger partial charge on any atom is -0.396 e. The van der Waals surface area contributed by atoms with Crippen molar-refractivity contribution in [3.8, 4) is 0 Å². The second kappa shape index (κ2) is 5.67. The summed E-state index contributed by atoms with van der Waals surface area (Å²) >= 11 is 0. The summed E-state index contributed by atoms with van der Waals surface area (Å²) in [5.41, 5.74) is 1.54. The molecule has 0 saturated heterocycles. The third-order valence-electron chi connectivity index (χ3n) is 8.62. The Bertz CT molecular complexity index is 565. The minimum atomic E-state index is -0.319. The fraction of sp³-hybridized carbons (Fsp3) is 0.857. The Morgan fingerprint density at radius 1 is 1.17 bits per heavy atom. The Hall–Kier alpha value is -0.670. The van der Waals surface area contributed by atoms with Crippen LogP contribution >= 0.6 is 0 Å². The molecule has 0 spiro atoms. The maximum Gasteiger partial charge on any atom is 0.155 e. The lowest BCUT2D eigenvalue weighted by molar-refractivity contribution is -0.120. The Morgan fingerprint density at radius 3 is 2.67 bits per heavy atom. The minimum absolute atomic E-state index is 0.0581. The monoisotopic (exact) mass is 332 g/mol. The van der Waals surface area contributed by atoms with E-state index in [2.05, 4.69) is 6.92 Å². The number of rotatable bonds is 2. The molecule has 0 aromatic rings. The lowest BCUT2D eigenvalue weighted by atomic mass is 9.46. The van der Waals surface area contributed by atoms with Gasteiger partial charge < -0.3 is 10.2 Å². The van der Waals surface area contributed by atoms with Gasteiger partial charge in [0.05, 0.1) is 6.10 Å². The number of aliphatic hydroxyl groups excluding tert-OH is 2. The molecule has 0 heterocycles. The lowest BCUT2D eigenvalue weighted by Gasteiger charge is -2.58.